The van der Waals surface area contributed by atoms with Gasteiger partial charge < -0.3 is 15.4 Å². The number of piperidine rings is 1. The van der Waals surface area contributed by atoms with Crippen molar-refractivity contribution < 1.29 is 4.74 Å². The molecule has 2 bridgehead atoms. The molecule has 3 aliphatic rings. The largest absolute Gasteiger partial charge is 0.380 e. The van der Waals surface area contributed by atoms with Crippen LogP contribution in [0.3, 0.4) is 0 Å². The lowest BCUT2D eigenvalue weighted by atomic mass is 9.97. The predicted molar refractivity (Wildman–Crippen MR) is 73.7 cm³/mol. The summed E-state index contributed by atoms with van der Waals surface area (Å²) < 4.78 is 5.22. The number of hydrogen-bond acceptors (Lipinski definition) is 3. The van der Waals surface area contributed by atoms with Crippen LogP contribution < -0.4 is 10.6 Å². The van der Waals surface area contributed by atoms with Crippen molar-refractivity contribution in [2.75, 3.05) is 19.8 Å². The van der Waals surface area contributed by atoms with Gasteiger partial charge in [-0.3, -0.25) is 0 Å². The van der Waals surface area contributed by atoms with Crippen LogP contribution in [0, 0.1) is 5.92 Å². The zero-order valence-electron chi connectivity index (χ0n) is 11.5. The van der Waals surface area contributed by atoms with E-state index < -0.39 is 0 Å². The Bertz CT molecular complexity index is 300. The molecule has 3 fully saturated rings. The Labute approximate surface area is 110 Å². The zero-order chi connectivity index (χ0) is 12.4. The zero-order valence-corrected chi connectivity index (χ0v) is 11.5. The third kappa shape index (κ3) is 2.95. The molecule has 0 spiro atoms. The fourth-order valence-corrected chi connectivity index (χ4v) is 3.48. The first-order valence-corrected chi connectivity index (χ1v) is 7.55. The SMILES string of the molecule is C/C(=C\CCNC1CC2CCC(C1)N2)C1COC1. The van der Waals surface area contributed by atoms with Gasteiger partial charge in [0.05, 0.1) is 13.2 Å². The van der Waals surface area contributed by atoms with E-state index in [2.05, 4.69) is 23.6 Å². The summed E-state index contributed by atoms with van der Waals surface area (Å²) in [7, 11) is 0. The highest BCUT2D eigenvalue weighted by Gasteiger charge is 2.32. The van der Waals surface area contributed by atoms with Crippen LogP contribution in [0.5, 0.6) is 0 Å². The number of hydrogen-bond donors (Lipinski definition) is 2. The van der Waals surface area contributed by atoms with Gasteiger partial charge in [0.15, 0.2) is 0 Å². The van der Waals surface area contributed by atoms with Gasteiger partial charge in [-0.25, -0.2) is 0 Å². The van der Waals surface area contributed by atoms with Crippen LogP contribution >= 0.6 is 0 Å². The third-order valence-corrected chi connectivity index (χ3v) is 4.80. The van der Waals surface area contributed by atoms with E-state index >= 15 is 0 Å². The summed E-state index contributed by atoms with van der Waals surface area (Å²) in [6.45, 7) is 5.26. The van der Waals surface area contributed by atoms with Gasteiger partial charge in [0.2, 0.25) is 0 Å². The highest BCUT2D eigenvalue weighted by molar-refractivity contribution is 5.06. The molecule has 102 valence electrons. The second-order valence-corrected chi connectivity index (χ2v) is 6.23. The van der Waals surface area contributed by atoms with Crippen molar-refractivity contribution in [2.45, 2.75) is 57.2 Å². The Morgan fingerprint density at radius 3 is 2.61 bits per heavy atom. The molecule has 0 aliphatic carbocycles. The van der Waals surface area contributed by atoms with Gasteiger partial charge in [0, 0.05) is 24.0 Å². The van der Waals surface area contributed by atoms with E-state index in [0.717, 1.165) is 37.9 Å². The molecule has 0 aromatic carbocycles. The first-order chi connectivity index (χ1) is 8.81. The van der Waals surface area contributed by atoms with Crippen molar-refractivity contribution >= 4 is 0 Å². The number of ether oxygens (including phenoxy) is 1. The minimum atomic E-state index is 0.708. The third-order valence-electron chi connectivity index (χ3n) is 4.80. The summed E-state index contributed by atoms with van der Waals surface area (Å²) in [5, 5.41) is 7.43. The monoisotopic (exact) mass is 250 g/mol. The van der Waals surface area contributed by atoms with Crippen molar-refractivity contribution in [2.24, 2.45) is 5.92 Å². The minimum Gasteiger partial charge on any atom is -0.380 e. The van der Waals surface area contributed by atoms with Gasteiger partial charge in [-0.05, 0) is 45.6 Å². The van der Waals surface area contributed by atoms with Crippen molar-refractivity contribution in [1.82, 2.24) is 10.6 Å². The Balaban J connectivity index is 1.34. The smallest absolute Gasteiger partial charge is 0.0553 e. The van der Waals surface area contributed by atoms with Gasteiger partial charge in [-0.15, -0.1) is 0 Å². The van der Waals surface area contributed by atoms with Crippen LogP contribution in [0.2, 0.25) is 0 Å². The van der Waals surface area contributed by atoms with E-state index in [1.54, 1.807) is 0 Å². The molecular weight excluding hydrogens is 224 g/mol. The van der Waals surface area contributed by atoms with Crippen LogP contribution in [0.4, 0.5) is 0 Å². The molecule has 3 aliphatic heterocycles. The Morgan fingerprint density at radius 1 is 1.28 bits per heavy atom. The average Bonchev–Trinajstić information content (AvgIpc) is 2.62. The molecule has 2 N–H and O–H groups in total. The highest BCUT2D eigenvalue weighted by atomic mass is 16.5. The topological polar surface area (TPSA) is 33.3 Å². The minimum absolute atomic E-state index is 0.708. The number of rotatable bonds is 5. The van der Waals surface area contributed by atoms with E-state index in [9.17, 15) is 0 Å². The summed E-state index contributed by atoms with van der Waals surface area (Å²) in [4.78, 5) is 0. The molecule has 2 atom stereocenters. The van der Waals surface area contributed by atoms with E-state index in [0.29, 0.717) is 5.92 Å². The van der Waals surface area contributed by atoms with E-state index in [1.165, 1.54) is 37.7 Å². The Morgan fingerprint density at radius 2 is 2.00 bits per heavy atom. The second-order valence-electron chi connectivity index (χ2n) is 6.23. The lowest BCUT2D eigenvalue weighted by Crippen LogP contribution is -2.46. The molecule has 18 heavy (non-hydrogen) atoms. The fourth-order valence-electron chi connectivity index (χ4n) is 3.48. The van der Waals surface area contributed by atoms with Crippen molar-refractivity contribution in [1.29, 1.82) is 0 Å². The second kappa shape index (κ2) is 5.72. The highest BCUT2D eigenvalue weighted by Crippen LogP contribution is 2.26. The molecule has 3 saturated heterocycles. The maximum Gasteiger partial charge on any atom is 0.0553 e. The summed E-state index contributed by atoms with van der Waals surface area (Å²) in [6.07, 6.45) is 9.01. The van der Waals surface area contributed by atoms with Gasteiger partial charge in [-0.2, -0.15) is 0 Å². The van der Waals surface area contributed by atoms with Crippen molar-refractivity contribution in [3.05, 3.63) is 11.6 Å². The summed E-state index contributed by atoms with van der Waals surface area (Å²) >= 11 is 0. The van der Waals surface area contributed by atoms with Crippen molar-refractivity contribution in [3.63, 3.8) is 0 Å². The summed E-state index contributed by atoms with van der Waals surface area (Å²) in [6, 6.07) is 2.35. The molecule has 0 aromatic heterocycles. The van der Waals surface area contributed by atoms with Crippen LogP contribution in [0.25, 0.3) is 0 Å². The van der Waals surface area contributed by atoms with Gasteiger partial charge >= 0.3 is 0 Å². The number of nitrogens with one attached hydrogen (secondary N) is 2. The predicted octanol–water partition coefficient (Wildman–Crippen LogP) is 1.84. The normalized spacial score (nSPS) is 36.7. The molecule has 2 unspecified atom stereocenters. The molecular formula is C15H26N2O. The fraction of sp³-hybridized carbons (Fsp3) is 0.867. The van der Waals surface area contributed by atoms with Crippen LogP contribution in [-0.2, 0) is 4.74 Å². The van der Waals surface area contributed by atoms with Gasteiger partial charge in [0.1, 0.15) is 0 Å². The Hall–Kier alpha value is -0.380. The van der Waals surface area contributed by atoms with Gasteiger partial charge in [0.25, 0.3) is 0 Å². The quantitative estimate of drug-likeness (QED) is 0.577. The van der Waals surface area contributed by atoms with Gasteiger partial charge in [-0.1, -0.05) is 11.6 Å². The first kappa shape index (κ1) is 12.6. The summed E-state index contributed by atoms with van der Waals surface area (Å²) in [5.41, 5.74) is 1.52. The van der Waals surface area contributed by atoms with Crippen LogP contribution in [0.1, 0.15) is 39.0 Å². The van der Waals surface area contributed by atoms with Crippen LogP contribution in [-0.4, -0.2) is 37.9 Å². The lowest BCUT2D eigenvalue weighted by molar-refractivity contribution is -0.0133. The van der Waals surface area contributed by atoms with E-state index in [-0.39, 0.29) is 0 Å². The lowest BCUT2D eigenvalue weighted by Gasteiger charge is -2.30. The molecule has 3 nitrogen and oxygen atoms in total. The molecule has 0 amide bonds. The first-order valence-electron chi connectivity index (χ1n) is 7.55. The summed E-state index contributed by atoms with van der Waals surface area (Å²) in [5.74, 6) is 0.708. The molecule has 3 rings (SSSR count). The van der Waals surface area contributed by atoms with Crippen molar-refractivity contribution in [3.8, 4) is 0 Å². The van der Waals surface area contributed by atoms with Crippen LogP contribution in [0.15, 0.2) is 11.6 Å². The molecule has 3 heteroatoms. The molecule has 0 radical (unpaired) electrons. The maximum atomic E-state index is 5.22. The number of fused-ring (bicyclic) bond motifs is 2. The maximum absolute atomic E-state index is 5.22. The van der Waals surface area contributed by atoms with E-state index in [4.69, 9.17) is 4.74 Å². The average molecular weight is 250 g/mol. The molecule has 0 aromatic rings. The standard InChI is InChI=1S/C15H26N2O/c1-11(12-9-18-10-12)3-2-6-16-15-7-13-4-5-14(8-15)17-13/h3,12-17H,2,4-10H2,1H3/b11-3+. The molecule has 0 saturated carbocycles. The molecule has 3 heterocycles. The van der Waals surface area contributed by atoms with E-state index in [1.807, 2.05) is 0 Å². The Kier molecular flexibility index (Phi) is 4.02.